The number of rotatable bonds is 7. The van der Waals surface area contributed by atoms with Gasteiger partial charge in [0.05, 0.1) is 0 Å². The van der Waals surface area contributed by atoms with Crippen LogP contribution >= 0.6 is 0 Å². The fourth-order valence-electron chi connectivity index (χ4n) is 8.20. The molecule has 6 atom stereocenters. The molecule has 8 rings (SSSR count). The fourth-order valence-corrected chi connectivity index (χ4v) is 15.0. The number of hydrogen-bond acceptors (Lipinski definition) is 1. The van der Waals surface area contributed by atoms with Gasteiger partial charge in [-0.1, -0.05) is 91.5 Å². The zero-order valence-electron chi connectivity index (χ0n) is 29.5. The minimum Gasteiger partial charge on any atom is -0.422 e. The molecule has 0 radical (unpaired) electrons. The first-order valence-corrected chi connectivity index (χ1v) is 23.3. The van der Waals surface area contributed by atoms with Crippen molar-refractivity contribution in [2.75, 3.05) is 0 Å². The number of allylic oxidation sites excluding steroid dienone is 6. The second-order valence-corrected chi connectivity index (χ2v) is 18.6. The van der Waals surface area contributed by atoms with Gasteiger partial charge in [0.2, 0.25) is 0 Å². The Morgan fingerprint density at radius 3 is 1.39 bits per heavy atom. The Morgan fingerprint density at radius 2 is 1.00 bits per heavy atom. The maximum absolute atomic E-state index is 5.18. The summed E-state index contributed by atoms with van der Waals surface area (Å²) >= 11 is -0.610. The second-order valence-electron chi connectivity index (χ2n) is 13.8. The molecule has 4 aliphatic rings. The maximum atomic E-state index is 5.18. The summed E-state index contributed by atoms with van der Waals surface area (Å²) in [6, 6.07) is 39.5. The fraction of sp³-hybridized carbons (Fsp3) is 0.304. The van der Waals surface area contributed by atoms with E-state index in [4.69, 9.17) is 4.43 Å². The van der Waals surface area contributed by atoms with E-state index in [1.54, 1.807) is 22.3 Å². The zero-order chi connectivity index (χ0) is 33.8. The summed E-state index contributed by atoms with van der Waals surface area (Å²) in [6.07, 6.45) is 24.1. The van der Waals surface area contributed by atoms with Crippen molar-refractivity contribution in [3.8, 4) is 0 Å². The van der Waals surface area contributed by atoms with Crippen LogP contribution in [-0.4, -0.2) is 15.9 Å². The van der Waals surface area contributed by atoms with Gasteiger partial charge in [-0.15, -0.1) is 0 Å². The average Bonchev–Trinajstić information content (AvgIpc) is 3.64. The Bertz CT molecular complexity index is 1600. The van der Waals surface area contributed by atoms with E-state index in [-0.39, 0.29) is 9.76 Å². The average molecular weight is 740 g/mol. The predicted octanol–water partition coefficient (Wildman–Crippen LogP) is 11.6. The van der Waals surface area contributed by atoms with Gasteiger partial charge in [0, 0.05) is 6.10 Å². The third kappa shape index (κ3) is 9.18. The molecular formula is C46H52OSiZr. The van der Waals surface area contributed by atoms with E-state index in [1.165, 1.54) is 36.8 Å². The number of fused-ring (bicyclic) bond motifs is 6. The van der Waals surface area contributed by atoms with Crippen molar-refractivity contribution in [3.63, 3.8) is 0 Å². The Morgan fingerprint density at radius 1 is 0.592 bits per heavy atom. The van der Waals surface area contributed by atoms with Crippen molar-refractivity contribution in [2.45, 2.75) is 71.3 Å². The topological polar surface area (TPSA) is 9.23 Å². The number of hydrogen-bond donors (Lipinski definition) is 0. The van der Waals surface area contributed by atoms with E-state index >= 15 is 0 Å². The van der Waals surface area contributed by atoms with Gasteiger partial charge < -0.3 is 4.43 Å². The van der Waals surface area contributed by atoms with Gasteiger partial charge in [-0.05, 0) is 25.0 Å². The summed E-state index contributed by atoms with van der Waals surface area (Å²) in [6.45, 7) is 6.27. The molecule has 0 aliphatic heterocycles. The Hall–Kier alpha value is -3.10. The summed E-state index contributed by atoms with van der Waals surface area (Å²) in [4.78, 5) is 0. The molecule has 0 aromatic heterocycles. The molecular weight excluding hydrogens is 688 g/mol. The smallest absolute Gasteiger partial charge is 0.158 e. The SMILES string of the molecule is C(C=Cc1ccccc1)=Cc1ccccc1.C1=CC2c3ccccc3[CH]([Zr][CH]3c4ccccc4C4C=CCCC43)C2CC1.C[SiH2]OC(C)C. The molecule has 3 heteroatoms. The Kier molecular flexibility index (Phi) is 13.3. The summed E-state index contributed by atoms with van der Waals surface area (Å²) < 4.78 is 6.99. The van der Waals surface area contributed by atoms with Gasteiger partial charge in [0.1, 0.15) is 0 Å². The molecule has 1 nitrogen and oxygen atoms in total. The third-order valence-electron chi connectivity index (χ3n) is 10.3. The van der Waals surface area contributed by atoms with Crippen LogP contribution in [0.5, 0.6) is 0 Å². The van der Waals surface area contributed by atoms with E-state index < -0.39 is 23.2 Å². The summed E-state index contributed by atoms with van der Waals surface area (Å²) in [5.74, 6) is 3.20. The van der Waals surface area contributed by atoms with E-state index in [1.807, 2.05) is 36.4 Å². The minimum absolute atomic E-state index is 0.133. The molecule has 0 bridgehead atoms. The van der Waals surface area contributed by atoms with Gasteiger partial charge >= 0.3 is 175 Å². The molecule has 0 heterocycles. The van der Waals surface area contributed by atoms with Crippen LogP contribution in [0.25, 0.3) is 12.2 Å². The molecule has 0 saturated heterocycles. The van der Waals surface area contributed by atoms with E-state index in [2.05, 4.69) is 142 Å². The van der Waals surface area contributed by atoms with Crippen LogP contribution in [0.3, 0.4) is 0 Å². The van der Waals surface area contributed by atoms with Crippen LogP contribution in [0.2, 0.25) is 6.55 Å². The van der Waals surface area contributed by atoms with Gasteiger partial charge in [-0.25, -0.2) is 0 Å². The molecule has 0 fully saturated rings. The van der Waals surface area contributed by atoms with Crippen molar-refractivity contribution in [1.82, 2.24) is 0 Å². The van der Waals surface area contributed by atoms with Gasteiger partial charge in [0.25, 0.3) is 0 Å². The first kappa shape index (κ1) is 35.7. The quantitative estimate of drug-likeness (QED) is 0.104. The summed E-state index contributed by atoms with van der Waals surface area (Å²) in [7, 11) is -0.133. The summed E-state index contributed by atoms with van der Waals surface area (Å²) in [5, 5.41) is 0. The molecule has 4 aromatic carbocycles. The zero-order valence-corrected chi connectivity index (χ0v) is 33.4. The van der Waals surface area contributed by atoms with Crippen LogP contribution in [0, 0.1) is 11.8 Å². The minimum atomic E-state index is -0.610. The second kappa shape index (κ2) is 18.2. The van der Waals surface area contributed by atoms with Crippen molar-refractivity contribution in [1.29, 1.82) is 0 Å². The molecule has 4 aliphatic carbocycles. The molecule has 49 heavy (non-hydrogen) atoms. The first-order chi connectivity index (χ1) is 24.1. The van der Waals surface area contributed by atoms with Gasteiger partial charge in [-0.3, -0.25) is 0 Å². The van der Waals surface area contributed by atoms with Crippen molar-refractivity contribution >= 4 is 21.9 Å². The van der Waals surface area contributed by atoms with Crippen LogP contribution in [0.1, 0.15) is 92.0 Å². The molecule has 4 aromatic rings. The van der Waals surface area contributed by atoms with E-state index in [0.717, 1.165) is 19.1 Å². The maximum Gasteiger partial charge on any atom is 0.158 e. The monoisotopic (exact) mass is 738 g/mol. The largest absolute Gasteiger partial charge is 0.422 e. The third-order valence-corrected chi connectivity index (χ3v) is 16.7. The van der Waals surface area contributed by atoms with Gasteiger partial charge in [0.15, 0.2) is 9.76 Å². The Balaban J connectivity index is 0.000000161. The van der Waals surface area contributed by atoms with Crippen molar-refractivity contribution in [3.05, 3.63) is 179 Å². The number of benzene rings is 4. The Labute approximate surface area is 309 Å². The van der Waals surface area contributed by atoms with Crippen LogP contribution in [0.15, 0.2) is 146 Å². The van der Waals surface area contributed by atoms with Gasteiger partial charge in [-0.2, -0.15) is 0 Å². The van der Waals surface area contributed by atoms with E-state index in [0.29, 0.717) is 17.9 Å². The van der Waals surface area contributed by atoms with Crippen molar-refractivity contribution in [2.24, 2.45) is 11.8 Å². The molecule has 0 amide bonds. The van der Waals surface area contributed by atoms with Crippen molar-refractivity contribution < 1.29 is 27.7 Å². The molecule has 0 saturated carbocycles. The normalized spacial score (nSPS) is 24.6. The summed E-state index contributed by atoms with van der Waals surface area (Å²) in [5.41, 5.74) is 9.24. The standard InChI is InChI=1S/C16H14.2C13H13.C4H12OSi.Zr/c1-3-9-15(10-4-1)13-7-8-14-16-11-5-2-6-12-16;2*1-3-7-12-10(5-1)9-11-6-2-4-8-13(11)12;1-4(2)5-6-3;/h1-14H;2*1,3-5,7-9,11,13H,2,6H2;4H,6H2,1-3H3;. The van der Waals surface area contributed by atoms with Crippen LogP contribution < -0.4 is 0 Å². The van der Waals surface area contributed by atoms with Crippen LogP contribution in [-0.2, 0) is 27.7 Å². The predicted molar refractivity (Wildman–Crippen MR) is 209 cm³/mol. The molecule has 250 valence electrons. The molecule has 6 unspecified atom stereocenters. The molecule has 0 spiro atoms. The first-order valence-electron chi connectivity index (χ1n) is 18.5. The van der Waals surface area contributed by atoms with E-state index in [9.17, 15) is 0 Å². The molecule has 0 N–H and O–H groups in total. The van der Waals surface area contributed by atoms with Crippen LogP contribution in [0.4, 0.5) is 0 Å².